The minimum absolute atomic E-state index is 0.126. The van der Waals surface area contributed by atoms with E-state index in [1.807, 2.05) is 24.3 Å². The van der Waals surface area contributed by atoms with Crippen LogP contribution in [0.1, 0.15) is 18.2 Å². The van der Waals surface area contributed by atoms with E-state index >= 15 is 0 Å². The standard InChI is InChI=1S/C17H18N4O4/c1-2-25-16-11(15(22)20-21-16)8-14-10(7-12(18)17(23)24)9-5-3-4-6-13(9)19-14/h3-6,8,12,19H,2,7,18H2,1H3,(H,20,22)(H,23,24). The molecule has 1 aromatic heterocycles. The number of carboxylic acids is 1. The third-order valence-corrected chi connectivity index (χ3v) is 3.89. The maximum absolute atomic E-state index is 12.0. The van der Waals surface area contributed by atoms with Crippen LogP contribution in [0.3, 0.4) is 0 Å². The minimum Gasteiger partial charge on any atom is -0.480 e. The lowest BCUT2D eigenvalue weighted by molar-refractivity contribution is -0.138. The summed E-state index contributed by atoms with van der Waals surface area (Å²) >= 11 is 0. The molecule has 1 amide bonds. The van der Waals surface area contributed by atoms with E-state index in [2.05, 4.69) is 15.5 Å². The number of benzene rings is 1. The van der Waals surface area contributed by atoms with Crippen molar-refractivity contribution in [3.8, 4) is 0 Å². The number of rotatable bonds is 5. The SMILES string of the molecule is CCOC1=NNC(=O)C1=Cc1[nH]c2ccccc2c1CC(N)C(=O)O. The van der Waals surface area contributed by atoms with E-state index < -0.39 is 12.0 Å². The van der Waals surface area contributed by atoms with Gasteiger partial charge in [0.25, 0.3) is 5.91 Å². The van der Waals surface area contributed by atoms with E-state index in [4.69, 9.17) is 15.6 Å². The number of hydrazone groups is 1. The van der Waals surface area contributed by atoms with Gasteiger partial charge in [-0.05, 0) is 24.6 Å². The van der Waals surface area contributed by atoms with Crippen LogP contribution in [0, 0.1) is 0 Å². The highest BCUT2D eigenvalue weighted by Gasteiger charge is 2.26. The topological polar surface area (TPSA) is 130 Å². The molecular formula is C17H18N4O4. The second kappa shape index (κ2) is 6.78. The Morgan fingerprint density at radius 2 is 2.20 bits per heavy atom. The fraction of sp³-hybridized carbons (Fsp3) is 0.235. The molecule has 0 spiro atoms. The molecule has 8 heteroatoms. The maximum Gasteiger partial charge on any atom is 0.320 e. The van der Waals surface area contributed by atoms with Gasteiger partial charge in [-0.3, -0.25) is 9.59 Å². The summed E-state index contributed by atoms with van der Waals surface area (Å²) in [5.74, 6) is -1.26. The average Bonchev–Trinajstić information content (AvgIpc) is 3.10. The predicted molar refractivity (Wildman–Crippen MR) is 92.8 cm³/mol. The molecule has 5 N–H and O–H groups in total. The van der Waals surface area contributed by atoms with Crippen molar-refractivity contribution in [3.63, 3.8) is 0 Å². The number of carboxylic acid groups (broad SMARTS) is 1. The highest BCUT2D eigenvalue weighted by molar-refractivity contribution is 6.24. The van der Waals surface area contributed by atoms with E-state index in [1.165, 1.54) is 0 Å². The van der Waals surface area contributed by atoms with Crippen LogP contribution in [0.25, 0.3) is 17.0 Å². The Morgan fingerprint density at radius 1 is 1.44 bits per heavy atom. The van der Waals surface area contributed by atoms with Crippen LogP contribution in [0.5, 0.6) is 0 Å². The highest BCUT2D eigenvalue weighted by Crippen LogP contribution is 2.26. The molecule has 2 aromatic rings. The molecule has 0 saturated carbocycles. The minimum atomic E-state index is -1.08. The number of aromatic amines is 1. The summed E-state index contributed by atoms with van der Waals surface area (Å²) < 4.78 is 5.36. The first-order chi connectivity index (χ1) is 12.0. The van der Waals surface area contributed by atoms with Gasteiger partial charge in [-0.25, -0.2) is 5.43 Å². The number of aromatic nitrogens is 1. The number of nitrogens with zero attached hydrogens (tertiary/aromatic N) is 1. The number of aliphatic carboxylic acids is 1. The summed E-state index contributed by atoms with van der Waals surface area (Å²) in [6.45, 7) is 2.16. The summed E-state index contributed by atoms with van der Waals surface area (Å²) in [6.07, 6.45) is 1.74. The number of amides is 1. The van der Waals surface area contributed by atoms with Crippen LogP contribution in [-0.4, -0.2) is 40.5 Å². The van der Waals surface area contributed by atoms with Gasteiger partial charge in [0.2, 0.25) is 5.90 Å². The number of carbonyl (C=O) groups is 2. The van der Waals surface area contributed by atoms with Gasteiger partial charge in [0.1, 0.15) is 11.6 Å². The first-order valence-corrected chi connectivity index (χ1v) is 7.82. The first-order valence-electron chi connectivity index (χ1n) is 7.82. The number of ether oxygens (including phenoxy) is 1. The number of hydrogen-bond acceptors (Lipinski definition) is 5. The van der Waals surface area contributed by atoms with E-state index in [-0.39, 0.29) is 23.8 Å². The Kier molecular flexibility index (Phi) is 4.53. The van der Waals surface area contributed by atoms with Gasteiger partial charge in [0.05, 0.1) is 6.61 Å². The summed E-state index contributed by atoms with van der Waals surface area (Å²) in [5, 5.41) is 13.8. The monoisotopic (exact) mass is 342 g/mol. The van der Waals surface area contributed by atoms with Crippen LogP contribution in [0.4, 0.5) is 0 Å². The fourth-order valence-electron chi connectivity index (χ4n) is 2.71. The number of hydrogen-bond donors (Lipinski definition) is 4. The Hall–Kier alpha value is -3.13. The van der Waals surface area contributed by atoms with Crippen molar-refractivity contribution in [2.24, 2.45) is 10.8 Å². The number of carbonyl (C=O) groups excluding carboxylic acids is 1. The highest BCUT2D eigenvalue weighted by atomic mass is 16.5. The van der Waals surface area contributed by atoms with Gasteiger partial charge >= 0.3 is 5.97 Å². The molecule has 0 bridgehead atoms. The number of nitrogens with two attached hydrogens (primary N) is 1. The zero-order chi connectivity index (χ0) is 18.0. The van der Waals surface area contributed by atoms with Crippen LogP contribution in [0.2, 0.25) is 0 Å². The lowest BCUT2D eigenvalue weighted by Crippen LogP contribution is -2.32. The largest absolute Gasteiger partial charge is 0.480 e. The first kappa shape index (κ1) is 16.7. The quantitative estimate of drug-likeness (QED) is 0.602. The second-order valence-electron chi connectivity index (χ2n) is 5.56. The molecule has 1 atom stereocenters. The summed E-state index contributed by atoms with van der Waals surface area (Å²) in [4.78, 5) is 26.4. The Balaban J connectivity index is 2.09. The van der Waals surface area contributed by atoms with E-state index in [0.717, 1.165) is 16.5 Å². The maximum atomic E-state index is 12.0. The number of para-hydroxylation sites is 1. The lowest BCUT2D eigenvalue weighted by Gasteiger charge is -2.07. The van der Waals surface area contributed by atoms with Crippen molar-refractivity contribution in [2.45, 2.75) is 19.4 Å². The van der Waals surface area contributed by atoms with Crippen LogP contribution < -0.4 is 11.2 Å². The molecule has 0 aliphatic carbocycles. The Bertz CT molecular complexity index is 897. The molecule has 25 heavy (non-hydrogen) atoms. The predicted octanol–water partition coefficient (Wildman–Crippen LogP) is 0.985. The van der Waals surface area contributed by atoms with Crippen molar-refractivity contribution in [1.29, 1.82) is 0 Å². The molecule has 1 aliphatic heterocycles. The molecule has 8 nitrogen and oxygen atoms in total. The van der Waals surface area contributed by atoms with Crippen molar-refractivity contribution in [2.75, 3.05) is 6.61 Å². The third kappa shape index (κ3) is 3.24. The van der Waals surface area contributed by atoms with E-state index in [0.29, 0.717) is 12.3 Å². The molecule has 0 fully saturated rings. The van der Waals surface area contributed by atoms with Gasteiger partial charge in [-0.2, -0.15) is 0 Å². The zero-order valence-corrected chi connectivity index (χ0v) is 13.6. The van der Waals surface area contributed by atoms with E-state index in [1.54, 1.807) is 13.0 Å². The van der Waals surface area contributed by atoms with Crippen molar-refractivity contribution >= 4 is 34.8 Å². The smallest absolute Gasteiger partial charge is 0.320 e. The summed E-state index contributed by atoms with van der Waals surface area (Å²) in [7, 11) is 0. The van der Waals surface area contributed by atoms with Gasteiger partial charge in [0, 0.05) is 23.0 Å². The summed E-state index contributed by atoms with van der Waals surface area (Å²) in [6, 6.07) is 6.43. The molecule has 0 saturated heterocycles. The van der Waals surface area contributed by atoms with Gasteiger partial charge in [0.15, 0.2) is 0 Å². The van der Waals surface area contributed by atoms with Gasteiger partial charge < -0.3 is 20.6 Å². The van der Waals surface area contributed by atoms with Crippen molar-refractivity contribution < 1.29 is 19.4 Å². The average molecular weight is 342 g/mol. The lowest BCUT2D eigenvalue weighted by atomic mass is 10.0. The molecule has 0 radical (unpaired) electrons. The molecule has 3 rings (SSSR count). The third-order valence-electron chi connectivity index (χ3n) is 3.89. The van der Waals surface area contributed by atoms with Crippen LogP contribution in [-0.2, 0) is 20.7 Å². The number of H-pyrrole nitrogens is 1. The molecule has 1 aliphatic rings. The molecule has 1 unspecified atom stereocenters. The van der Waals surface area contributed by atoms with E-state index in [9.17, 15) is 9.59 Å². The molecule has 2 heterocycles. The molecular weight excluding hydrogens is 324 g/mol. The Morgan fingerprint density at radius 3 is 2.92 bits per heavy atom. The number of nitrogens with one attached hydrogen (secondary N) is 2. The molecule has 1 aromatic carbocycles. The van der Waals surface area contributed by atoms with Gasteiger partial charge in [-0.1, -0.05) is 18.2 Å². The molecule has 130 valence electrons. The second-order valence-corrected chi connectivity index (χ2v) is 5.56. The normalized spacial score (nSPS) is 16.8. The Labute approximate surface area is 143 Å². The zero-order valence-electron chi connectivity index (χ0n) is 13.6. The fourth-order valence-corrected chi connectivity index (χ4v) is 2.71. The van der Waals surface area contributed by atoms with Crippen LogP contribution in [0.15, 0.2) is 34.9 Å². The van der Waals surface area contributed by atoms with Crippen LogP contribution >= 0.6 is 0 Å². The summed E-state index contributed by atoms with van der Waals surface area (Å²) in [5.41, 5.74) is 10.5. The van der Waals surface area contributed by atoms with Crippen molar-refractivity contribution in [1.82, 2.24) is 10.4 Å². The van der Waals surface area contributed by atoms with Gasteiger partial charge in [-0.15, -0.1) is 5.10 Å². The van der Waals surface area contributed by atoms with Crippen molar-refractivity contribution in [3.05, 3.63) is 41.1 Å². The number of fused-ring (bicyclic) bond motifs is 1.